The van der Waals surface area contributed by atoms with Crippen LogP contribution in [0, 0.1) is 11.3 Å². The number of carbonyl (C=O) groups is 1. The van der Waals surface area contributed by atoms with Gasteiger partial charge in [0.25, 0.3) is 5.91 Å². The number of aromatic nitrogens is 1. The Bertz CT molecular complexity index is 972. The van der Waals surface area contributed by atoms with E-state index in [4.69, 9.17) is 16.6 Å². The summed E-state index contributed by atoms with van der Waals surface area (Å²) in [7, 11) is 2.02. The minimum absolute atomic E-state index is 0.263. The Morgan fingerprint density at radius 1 is 1.30 bits per heavy atom. The standard InChI is InChI=1S/C24H29ClN4O/c1-7-8-22(29(6)16(2)3)21-14-18(23(30)28-24(4,5)15-26)13-20(27-21)17-9-11-19(25)12-10-17/h8-14,16H,7H2,1-6H3,(H,28,30)/b22-8-. The molecule has 2 rings (SSSR count). The minimum atomic E-state index is -0.974. The third kappa shape index (κ3) is 5.84. The summed E-state index contributed by atoms with van der Waals surface area (Å²) in [5, 5.41) is 12.7. The highest BCUT2D eigenvalue weighted by atomic mass is 35.5. The number of allylic oxidation sites excluding steroid dienone is 1. The minimum Gasteiger partial charge on any atom is -0.371 e. The molecular weight excluding hydrogens is 396 g/mol. The molecule has 0 bridgehead atoms. The summed E-state index contributed by atoms with van der Waals surface area (Å²) < 4.78 is 0. The Morgan fingerprint density at radius 2 is 1.93 bits per heavy atom. The van der Waals surface area contributed by atoms with Crippen LogP contribution in [0.4, 0.5) is 0 Å². The maximum absolute atomic E-state index is 12.9. The molecule has 6 heteroatoms. The lowest BCUT2D eigenvalue weighted by molar-refractivity contribution is 0.0929. The third-order valence-corrected chi connectivity index (χ3v) is 5.00. The summed E-state index contributed by atoms with van der Waals surface area (Å²) in [6.45, 7) is 9.62. The second kappa shape index (κ2) is 9.77. The van der Waals surface area contributed by atoms with Gasteiger partial charge in [-0.2, -0.15) is 5.26 Å². The van der Waals surface area contributed by atoms with Gasteiger partial charge in [0.05, 0.1) is 23.2 Å². The molecule has 0 fully saturated rings. The van der Waals surface area contributed by atoms with Crippen molar-refractivity contribution in [2.45, 2.75) is 52.6 Å². The Hall–Kier alpha value is -2.84. The van der Waals surface area contributed by atoms with Crippen molar-refractivity contribution in [2.24, 2.45) is 0 Å². The van der Waals surface area contributed by atoms with Crippen LogP contribution in [0.2, 0.25) is 5.02 Å². The van der Waals surface area contributed by atoms with E-state index in [9.17, 15) is 10.1 Å². The Kier molecular flexibility index (Phi) is 7.64. The van der Waals surface area contributed by atoms with Crippen LogP contribution >= 0.6 is 11.6 Å². The highest BCUT2D eigenvalue weighted by Gasteiger charge is 2.22. The van der Waals surface area contributed by atoms with Gasteiger partial charge >= 0.3 is 0 Å². The van der Waals surface area contributed by atoms with Gasteiger partial charge in [-0.15, -0.1) is 0 Å². The van der Waals surface area contributed by atoms with Crippen molar-refractivity contribution in [3.05, 3.63) is 58.8 Å². The predicted octanol–water partition coefficient (Wildman–Crippen LogP) is 5.53. The number of carbonyl (C=O) groups excluding carboxylic acids is 1. The van der Waals surface area contributed by atoms with E-state index in [1.54, 1.807) is 38.1 Å². The van der Waals surface area contributed by atoms with Crippen molar-refractivity contribution >= 4 is 23.2 Å². The van der Waals surface area contributed by atoms with E-state index >= 15 is 0 Å². The Balaban J connectivity index is 2.65. The molecule has 0 aliphatic heterocycles. The average molecular weight is 425 g/mol. The van der Waals surface area contributed by atoms with Crippen molar-refractivity contribution in [1.29, 1.82) is 5.26 Å². The molecule has 0 spiro atoms. The zero-order valence-electron chi connectivity index (χ0n) is 18.5. The van der Waals surface area contributed by atoms with Gasteiger partial charge in [0, 0.05) is 29.2 Å². The number of nitrogens with zero attached hydrogens (tertiary/aromatic N) is 3. The number of halogens is 1. The largest absolute Gasteiger partial charge is 0.371 e. The number of nitrogens with one attached hydrogen (secondary N) is 1. The van der Waals surface area contributed by atoms with Crippen LogP contribution in [-0.2, 0) is 0 Å². The third-order valence-electron chi connectivity index (χ3n) is 4.75. The first kappa shape index (κ1) is 23.4. The molecule has 0 radical (unpaired) electrons. The van der Waals surface area contributed by atoms with Crippen LogP contribution in [-0.4, -0.2) is 34.4 Å². The number of hydrogen-bond donors (Lipinski definition) is 1. The average Bonchev–Trinajstić information content (AvgIpc) is 2.71. The van der Waals surface area contributed by atoms with Gasteiger partial charge in [-0.05, 0) is 58.4 Å². The SMILES string of the molecule is CC/C=C(/c1cc(C(=O)NC(C)(C)C#N)cc(-c2ccc(Cl)cc2)n1)N(C)C(C)C. The quantitative estimate of drug-likeness (QED) is 0.634. The van der Waals surface area contributed by atoms with E-state index in [1.165, 1.54) is 0 Å². The van der Waals surface area contributed by atoms with Crippen LogP contribution < -0.4 is 5.32 Å². The molecular formula is C24H29ClN4O. The summed E-state index contributed by atoms with van der Waals surface area (Å²) in [4.78, 5) is 19.9. The van der Waals surface area contributed by atoms with Crippen molar-refractivity contribution in [1.82, 2.24) is 15.2 Å². The molecule has 1 N–H and O–H groups in total. The van der Waals surface area contributed by atoms with Gasteiger partial charge in [-0.25, -0.2) is 4.98 Å². The van der Waals surface area contributed by atoms with Crippen molar-refractivity contribution < 1.29 is 4.79 Å². The number of amides is 1. The molecule has 0 saturated heterocycles. The second-order valence-corrected chi connectivity index (χ2v) is 8.46. The Labute approximate surface area is 184 Å². The zero-order valence-corrected chi connectivity index (χ0v) is 19.2. The number of benzene rings is 1. The zero-order chi connectivity index (χ0) is 22.5. The number of pyridine rings is 1. The van der Waals surface area contributed by atoms with E-state index in [0.29, 0.717) is 22.0 Å². The molecule has 1 aromatic heterocycles. The first-order chi connectivity index (χ1) is 14.1. The fourth-order valence-electron chi connectivity index (χ4n) is 2.85. The van der Waals surface area contributed by atoms with Gasteiger partial charge in [-0.1, -0.05) is 36.7 Å². The van der Waals surface area contributed by atoms with E-state index < -0.39 is 5.54 Å². The number of hydrogen-bond acceptors (Lipinski definition) is 4. The molecule has 0 atom stereocenters. The lowest BCUT2D eigenvalue weighted by Crippen LogP contribution is -2.42. The van der Waals surface area contributed by atoms with Crippen LogP contribution in [0.3, 0.4) is 0 Å². The smallest absolute Gasteiger partial charge is 0.252 e. The molecule has 158 valence electrons. The van der Waals surface area contributed by atoms with Gasteiger partial charge < -0.3 is 10.2 Å². The Morgan fingerprint density at radius 3 is 2.47 bits per heavy atom. The lowest BCUT2D eigenvalue weighted by atomic mass is 10.0. The van der Waals surface area contributed by atoms with Crippen LogP contribution in [0.15, 0.2) is 42.5 Å². The number of nitriles is 1. The van der Waals surface area contributed by atoms with Crippen LogP contribution in [0.5, 0.6) is 0 Å². The fourth-order valence-corrected chi connectivity index (χ4v) is 2.97. The molecule has 0 aliphatic carbocycles. The maximum Gasteiger partial charge on any atom is 0.252 e. The molecule has 1 amide bonds. The van der Waals surface area contributed by atoms with Crippen molar-refractivity contribution in [2.75, 3.05) is 7.05 Å². The molecule has 0 saturated carbocycles. The van der Waals surface area contributed by atoms with Gasteiger partial charge in [0.2, 0.25) is 0 Å². The van der Waals surface area contributed by atoms with Gasteiger partial charge in [0.15, 0.2) is 0 Å². The first-order valence-corrected chi connectivity index (χ1v) is 10.4. The fraction of sp³-hybridized carbons (Fsp3) is 0.375. The van der Waals surface area contributed by atoms with Crippen molar-refractivity contribution in [3.63, 3.8) is 0 Å². The van der Waals surface area contributed by atoms with Gasteiger partial charge in [-0.3, -0.25) is 4.79 Å². The van der Waals surface area contributed by atoms with Crippen LogP contribution in [0.25, 0.3) is 17.0 Å². The van der Waals surface area contributed by atoms with Gasteiger partial charge in [0.1, 0.15) is 5.54 Å². The van der Waals surface area contributed by atoms with E-state index in [-0.39, 0.29) is 11.9 Å². The molecule has 5 nitrogen and oxygen atoms in total. The van der Waals surface area contributed by atoms with Crippen LogP contribution in [0.1, 0.15) is 57.1 Å². The molecule has 0 aliphatic rings. The summed E-state index contributed by atoms with van der Waals surface area (Å²) in [6, 6.07) is 13.2. The maximum atomic E-state index is 12.9. The molecule has 30 heavy (non-hydrogen) atoms. The van der Waals surface area contributed by atoms with E-state index in [0.717, 1.165) is 17.7 Å². The molecule has 2 aromatic rings. The number of rotatable bonds is 7. The summed E-state index contributed by atoms with van der Waals surface area (Å²) in [5.41, 5.74) is 2.67. The van der Waals surface area contributed by atoms with E-state index in [1.807, 2.05) is 19.2 Å². The summed E-state index contributed by atoms with van der Waals surface area (Å²) in [6.07, 6.45) is 2.94. The summed E-state index contributed by atoms with van der Waals surface area (Å²) >= 11 is 6.04. The molecule has 1 aromatic carbocycles. The highest BCUT2D eigenvalue weighted by Crippen LogP contribution is 2.26. The topological polar surface area (TPSA) is 69.0 Å². The monoisotopic (exact) mass is 424 g/mol. The predicted molar refractivity (Wildman–Crippen MR) is 123 cm³/mol. The normalized spacial score (nSPS) is 11.9. The summed E-state index contributed by atoms with van der Waals surface area (Å²) in [5.74, 6) is -0.316. The van der Waals surface area contributed by atoms with E-state index in [2.05, 4.69) is 43.1 Å². The van der Waals surface area contributed by atoms with Crippen molar-refractivity contribution in [3.8, 4) is 17.3 Å². The second-order valence-electron chi connectivity index (χ2n) is 8.03. The molecule has 0 unspecified atom stereocenters. The lowest BCUT2D eigenvalue weighted by Gasteiger charge is -2.27. The first-order valence-electron chi connectivity index (χ1n) is 10.0. The molecule has 1 heterocycles. The highest BCUT2D eigenvalue weighted by molar-refractivity contribution is 6.30.